The average Bonchev–Trinajstić information content (AvgIpc) is 3.20. The molecule has 1 aromatic carbocycles. The molecule has 2 aliphatic rings. The summed E-state index contributed by atoms with van der Waals surface area (Å²) in [6.45, 7) is 0. The normalized spacial score (nSPS) is 28.2. The van der Waals surface area contributed by atoms with Gasteiger partial charge in [0.2, 0.25) is 0 Å². The van der Waals surface area contributed by atoms with Crippen molar-refractivity contribution in [2.24, 2.45) is 0 Å². The van der Waals surface area contributed by atoms with Crippen molar-refractivity contribution in [3.8, 4) is 0 Å². The van der Waals surface area contributed by atoms with E-state index in [-0.39, 0.29) is 11.9 Å². The largest absolute Gasteiger partial charge is 0.352 e. The van der Waals surface area contributed by atoms with Gasteiger partial charge in [0.25, 0.3) is 0 Å². The van der Waals surface area contributed by atoms with Crippen LogP contribution in [0.5, 0.6) is 0 Å². The van der Waals surface area contributed by atoms with Gasteiger partial charge in [-0.3, -0.25) is 9.78 Å². The van der Waals surface area contributed by atoms with E-state index in [1.807, 2.05) is 36.4 Å². The SMILES string of the molecule is O=C1c2ccccc2CCC12OC2c1cccnc1. The number of carbonyl (C=O) groups is 1. The Morgan fingerprint density at radius 3 is 2.95 bits per heavy atom. The van der Waals surface area contributed by atoms with Gasteiger partial charge in [0.1, 0.15) is 6.10 Å². The molecule has 1 spiro atoms. The van der Waals surface area contributed by atoms with E-state index in [2.05, 4.69) is 4.98 Å². The number of aromatic nitrogens is 1. The Balaban J connectivity index is 1.71. The number of ether oxygens (including phenoxy) is 1. The van der Waals surface area contributed by atoms with Crippen LogP contribution in [0.25, 0.3) is 0 Å². The highest BCUT2D eigenvalue weighted by Gasteiger charge is 2.63. The van der Waals surface area contributed by atoms with Crippen LogP contribution in [0.15, 0.2) is 48.8 Å². The maximum Gasteiger partial charge on any atom is 0.198 e. The molecule has 0 N–H and O–H groups in total. The second kappa shape index (κ2) is 3.75. The van der Waals surface area contributed by atoms with Crippen molar-refractivity contribution in [3.63, 3.8) is 0 Å². The summed E-state index contributed by atoms with van der Waals surface area (Å²) in [5, 5.41) is 0. The Hall–Kier alpha value is -2.00. The Morgan fingerprint density at radius 2 is 2.11 bits per heavy atom. The summed E-state index contributed by atoms with van der Waals surface area (Å²) in [7, 11) is 0. The van der Waals surface area contributed by atoms with Gasteiger partial charge in [-0.05, 0) is 24.5 Å². The van der Waals surface area contributed by atoms with Crippen LogP contribution in [0.4, 0.5) is 0 Å². The van der Waals surface area contributed by atoms with Crippen LogP contribution in [0.2, 0.25) is 0 Å². The molecule has 3 nitrogen and oxygen atoms in total. The lowest BCUT2D eigenvalue weighted by Crippen LogP contribution is -2.31. The van der Waals surface area contributed by atoms with Crippen molar-refractivity contribution in [2.75, 3.05) is 0 Å². The van der Waals surface area contributed by atoms with E-state index < -0.39 is 5.60 Å². The molecule has 2 atom stereocenters. The summed E-state index contributed by atoms with van der Waals surface area (Å²) in [6, 6.07) is 11.7. The molecule has 3 heteroatoms. The first kappa shape index (κ1) is 10.9. The fourth-order valence-electron chi connectivity index (χ4n) is 3.03. The van der Waals surface area contributed by atoms with Crippen molar-refractivity contribution < 1.29 is 9.53 Å². The summed E-state index contributed by atoms with van der Waals surface area (Å²) in [5.74, 6) is 0.128. The van der Waals surface area contributed by atoms with E-state index >= 15 is 0 Å². The summed E-state index contributed by atoms with van der Waals surface area (Å²) in [5.41, 5.74) is 2.33. The number of benzene rings is 1. The molecule has 2 heterocycles. The fraction of sp³-hybridized carbons (Fsp3) is 0.250. The molecule has 1 fully saturated rings. The van der Waals surface area contributed by atoms with Gasteiger partial charge in [-0.15, -0.1) is 0 Å². The molecule has 1 aromatic heterocycles. The van der Waals surface area contributed by atoms with Crippen LogP contribution >= 0.6 is 0 Å². The molecule has 1 saturated heterocycles. The van der Waals surface area contributed by atoms with Gasteiger partial charge in [0.05, 0.1) is 0 Å². The number of nitrogens with zero attached hydrogens (tertiary/aromatic N) is 1. The van der Waals surface area contributed by atoms with Crippen LogP contribution in [0.3, 0.4) is 0 Å². The second-order valence-corrected chi connectivity index (χ2v) is 5.16. The number of ketones is 1. The molecular formula is C16H13NO2. The molecule has 94 valence electrons. The van der Waals surface area contributed by atoms with Crippen LogP contribution in [0.1, 0.15) is 34.0 Å². The number of fused-ring (bicyclic) bond motifs is 1. The number of epoxide rings is 1. The summed E-state index contributed by atoms with van der Waals surface area (Å²) >= 11 is 0. The Morgan fingerprint density at radius 1 is 1.21 bits per heavy atom. The summed E-state index contributed by atoms with van der Waals surface area (Å²) in [6.07, 6.45) is 5.06. The zero-order chi connectivity index (χ0) is 12.9. The molecule has 1 aliphatic carbocycles. The van der Waals surface area contributed by atoms with Crippen LogP contribution in [-0.4, -0.2) is 16.4 Å². The number of rotatable bonds is 1. The van der Waals surface area contributed by atoms with E-state index in [0.29, 0.717) is 0 Å². The molecule has 19 heavy (non-hydrogen) atoms. The van der Waals surface area contributed by atoms with E-state index in [1.165, 1.54) is 0 Å². The second-order valence-electron chi connectivity index (χ2n) is 5.16. The highest BCUT2D eigenvalue weighted by Crippen LogP contribution is 2.55. The van der Waals surface area contributed by atoms with Crippen molar-refractivity contribution in [3.05, 3.63) is 65.5 Å². The summed E-state index contributed by atoms with van der Waals surface area (Å²) < 4.78 is 5.81. The molecule has 0 saturated carbocycles. The van der Waals surface area contributed by atoms with Crippen LogP contribution < -0.4 is 0 Å². The van der Waals surface area contributed by atoms with Gasteiger partial charge in [0, 0.05) is 23.5 Å². The Labute approximate surface area is 111 Å². The molecule has 0 bridgehead atoms. The number of carbonyl (C=O) groups excluding carboxylic acids is 1. The zero-order valence-corrected chi connectivity index (χ0v) is 10.4. The summed E-state index contributed by atoms with van der Waals surface area (Å²) in [4.78, 5) is 16.7. The first-order chi connectivity index (χ1) is 9.31. The minimum Gasteiger partial charge on any atom is -0.352 e. The minimum absolute atomic E-state index is 0.123. The number of hydrogen-bond acceptors (Lipinski definition) is 3. The van der Waals surface area contributed by atoms with Gasteiger partial charge in [-0.25, -0.2) is 0 Å². The molecule has 2 unspecified atom stereocenters. The maximum atomic E-state index is 12.6. The predicted molar refractivity (Wildman–Crippen MR) is 69.9 cm³/mol. The quantitative estimate of drug-likeness (QED) is 0.732. The molecule has 1 aliphatic heterocycles. The highest BCUT2D eigenvalue weighted by molar-refractivity contribution is 6.07. The number of aryl methyl sites for hydroxylation is 1. The third kappa shape index (κ3) is 1.48. The third-order valence-corrected chi connectivity index (χ3v) is 4.09. The highest BCUT2D eigenvalue weighted by atomic mass is 16.6. The van der Waals surface area contributed by atoms with Crippen molar-refractivity contribution in [2.45, 2.75) is 24.5 Å². The average molecular weight is 251 g/mol. The first-order valence-corrected chi connectivity index (χ1v) is 6.52. The first-order valence-electron chi connectivity index (χ1n) is 6.52. The molecular weight excluding hydrogens is 238 g/mol. The smallest absolute Gasteiger partial charge is 0.198 e. The van der Waals surface area contributed by atoms with Gasteiger partial charge >= 0.3 is 0 Å². The molecule has 4 rings (SSSR count). The lowest BCUT2D eigenvalue weighted by molar-refractivity contribution is 0.0850. The van der Waals surface area contributed by atoms with E-state index in [4.69, 9.17) is 4.74 Å². The van der Waals surface area contributed by atoms with Gasteiger partial charge in [0.15, 0.2) is 11.4 Å². The number of pyridine rings is 1. The van der Waals surface area contributed by atoms with Crippen molar-refractivity contribution >= 4 is 5.78 Å². The van der Waals surface area contributed by atoms with Gasteiger partial charge < -0.3 is 4.74 Å². The van der Waals surface area contributed by atoms with E-state index in [0.717, 1.165) is 29.5 Å². The third-order valence-electron chi connectivity index (χ3n) is 4.09. The number of hydrogen-bond donors (Lipinski definition) is 0. The molecule has 2 aromatic rings. The number of Topliss-reactive ketones (excluding diaryl/α,β-unsaturated/α-hetero) is 1. The van der Waals surface area contributed by atoms with Crippen molar-refractivity contribution in [1.82, 2.24) is 4.98 Å². The lowest BCUT2D eigenvalue weighted by Gasteiger charge is -2.20. The van der Waals surface area contributed by atoms with E-state index in [9.17, 15) is 4.79 Å². The maximum absolute atomic E-state index is 12.6. The standard InChI is InChI=1S/C16H13NO2/c18-14-13-6-2-1-4-11(13)7-8-16(14)15(19-16)12-5-3-9-17-10-12/h1-6,9-10,15H,7-8H2. The lowest BCUT2D eigenvalue weighted by atomic mass is 9.79. The van der Waals surface area contributed by atoms with Crippen molar-refractivity contribution in [1.29, 1.82) is 0 Å². The van der Waals surface area contributed by atoms with E-state index in [1.54, 1.807) is 12.4 Å². The predicted octanol–water partition coefficient (Wildman–Crippen LogP) is 2.72. The Bertz CT molecular complexity index is 653. The van der Waals surface area contributed by atoms with Crippen LogP contribution in [-0.2, 0) is 11.2 Å². The van der Waals surface area contributed by atoms with Gasteiger partial charge in [-0.2, -0.15) is 0 Å². The minimum atomic E-state index is -0.628. The molecule has 0 radical (unpaired) electrons. The molecule has 0 amide bonds. The topological polar surface area (TPSA) is 42.5 Å². The van der Waals surface area contributed by atoms with Gasteiger partial charge in [-0.1, -0.05) is 30.3 Å². The zero-order valence-electron chi connectivity index (χ0n) is 10.4. The fourth-order valence-corrected chi connectivity index (χ4v) is 3.03. The van der Waals surface area contributed by atoms with Crippen LogP contribution in [0, 0.1) is 0 Å². The Kier molecular flexibility index (Phi) is 2.15. The monoisotopic (exact) mass is 251 g/mol.